The average Bonchev–Trinajstić information content (AvgIpc) is 3.00. The van der Waals surface area contributed by atoms with Crippen molar-refractivity contribution in [3.8, 4) is 39.1 Å². The number of hydrogen-bond acceptors (Lipinski definition) is 3. The van der Waals surface area contributed by atoms with Crippen LogP contribution in [0.2, 0.25) is 0 Å². The molecule has 0 aliphatic heterocycles. The number of anilines is 1. The minimum Gasteiger partial charge on any atom is -0.426 e. The fourth-order valence-electron chi connectivity index (χ4n) is 4.49. The number of aryl methyl sites for hydroxylation is 2. The average molecular weight is 365 g/mol. The maximum Gasteiger partial charge on any atom is 0.298 e. The largest absolute Gasteiger partial charge is 0.426 e. The van der Waals surface area contributed by atoms with Crippen LogP contribution in [-0.4, -0.2) is 6.47 Å². The molecule has 3 nitrogen and oxygen atoms in total. The van der Waals surface area contributed by atoms with E-state index in [9.17, 15) is 4.79 Å². The number of nitrogens with two attached hydrogens (primary N) is 1. The Hall–Kier alpha value is -3.59. The third-order valence-electron chi connectivity index (χ3n) is 5.71. The summed E-state index contributed by atoms with van der Waals surface area (Å²) in [5, 5.41) is 2.03. The van der Waals surface area contributed by atoms with Gasteiger partial charge in [0, 0.05) is 5.39 Å². The van der Waals surface area contributed by atoms with E-state index in [0.29, 0.717) is 17.9 Å². The van der Waals surface area contributed by atoms with Crippen molar-refractivity contribution in [3.05, 3.63) is 71.8 Å². The first-order valence-electron chi connectivity index (χ1n) is 9.27. The predicted molar refractivity (Wildman–Crippen MR) is 114 cm³/mol. The Morgan fingerprint density at radius 3 is 2.32 bits per heavy atom. The van der Waals surface area contributed by atoms with Crippen LogP contribution in [0.1, 0.15) is 11.1 Å². The van der Waals surface area contributed by atoms with E-state index in [1.54, 1.807) is 0 Å². The standard InChI is InChI=1S/C25H19NO2/c1-14-5-3-6-15(2)23(14)16-9-10-17-20(11-16)18-7-4-8-19-24(18)21(17)12-22(25(19)26)28-13-27/h3-13H,26H2,1-2H3. The fourth-order valence-corrected chi connectivity index (χ4v) is 4.49. The van der Waals surface area contributed by atoms with Gasteiger partial charge in [0.1, 0.15) is 0 Å². The lowest BCUT2D eigenvalue weighted by atomic mass is 9.92. The Morgan fingerprint density at radius 2 is 1.57 bits per heavy atom. The van der Waals surface area contributed by atoms with Crippen LogP contribution < -0.4 is 10.5 Å². The fraction of sp³-hybridized carbons (Fsp3) is 0.0800. The summed E-state index contributed by atoms with van der Waals surface area (Å²) in [7, 11) is 0. The first-order valence-corrected chi connectivity index (χ1v) is 9.27. The van der Waals surface area contributed by atoms with Crippen LogP contribution in [0.25, 0.3) is 44.2 Å². The van der Waals surface area contributed by atoms with E-state index in [0.717, 1.165) is 21.9 Å². The van der Waals surface area contributed by atoms with E-state index in [4.69, 9.17) is 10.5 Å². The first kappa shape index (κ1) is 16.6. The molecule has 0 amide bonds. The van der Waals surface area contributed by atoms with Crippen LogP contribution in [0.5, 0.6) is 5.75 Å². The Kier molecular flexibility index (Phi) is 3.53. The number of benzene rings is 4. The van der Waals surface area contributed by atoms with Crippen LogP contribution in [0.4, 0.5) is 5.69 Å². The lowest BCUT2D eigenvalue weighted by Crippen LogP contribution is -1.96. The molecule has 1 aliphatic carbocycles. The number of rotatable bonds is 3. The van der Waals surface area contributed by atoms with Crippen LogP contribution in [0.15, 0.2) is 60.7 Å². The number of ether oxygens (including phenoxy) is 1. The molecule has 2 N–H and O–H groups in total. The zero-order valence-corrected chi connectivity index (χ0v) is 15.7. The molecule has 0 radical (unpaired) electrons. The lowest BCUT2D eigenvalue weighted by molar-refractivity contribution is -0.120. The molecule has 0 spiro atoms. The van der Waals surface area contributed by atoms with E-state index in [-0.39, 0.29) is 0 Å². The summed E-state index contributed by atoms with van der Waals surface area (Å²) in [5.41, 5.74) is 16.3. The Labute approximate surface area is 163 Å². The minimum atomic E-state index is 0.404. The van der Waals surface area contributed by atoms with E-state index >= 15 is 0 Å². The number of hydrogen-bond donors (Lipinski definition) is 1. The summed E-state index contributed by atoms with van der Waals surface area (Å²) in [6.07, 6.45) is 0. The van der Waals surface area contributed by atoms with E-state index in [1.807, 2.05) is 18.2 Å². The van der Waals surface area contributed by atoms with Crippen molar-refractivity contribution in [1.82, 2.24) is 0 Å². The molecule has 0 atom stereocenters. The molecule has 28 heavy (non-hydrogen) atoms. The van der Waals surface area contributed by atoms with Crippen LogP contribution in [-0.2, 0) is 4.79 Å². The van der Waals surface area contributed by atoms with Gasteiger partial charge in [0.2, 0.25) is 0 Å². The van der Waals surface area contributed by atoms with Crippen molar-refractivity contribution in [2.24, 2.45) is 0 Å². The van der Waals surface area contributed by atoms with Gasteiger partial charge in [-0.25, -0.2) is 0 Å². The van der Waals surface area contributed by atoms with Crippen molar-refractivity contribution in [2.75, 3.05) is 5.73 Å². The highest BCUT2D eigenvalue weighted by Crippen LogP contribution is 2.51. The van der Waals surface area contributed by atoms with Gasteiger partial charge in [0.25, 0.3) is 6.47 Å². The Bertz CT molecular complexity index is 1270. The topological polar surface area (TPSA) is 52.3 Å². The molecule has 4 aromatic rings. The quantitative estimate of drug-likeness (QED) is 0.320. The molecule has 0 heterocycles. The van der Waals surface area contributed by atoms with Gasteiger partial charge in [0.05, 0.1) is 5.69 Å². The zero-order valence-electron chi connectivity index (χ0n) is 15.7. The molecule has 0 aromatic heterocycles. The van der Waals surface area contributed by atoms with Crippen molar-refractivity contribution in [2.45, 2.75) is 13.8 Å². The van der Waals surface area contributed by atoms with Crippen molar-refractivity contribution < 1.29 is 9.53 Å². The molecule has 136 valence electrons. The van der Waals surface area contributed by atoms with Gasteiger partial charge < -0.3 is 10.5 Å². The van der Waals surface area contributed by atoms with Crippen molar-refractivity contribution in [1.29, 1.82) is 0 Å². The summed E-state index contributed by atoms with van der Waals surface area (Å²) in [6.45, 7) is 4.72. The highest BCUT2D eigenvalue weighted by molar-refractivity contribution is 6.19. The molecule has 5 rings (SSSR count). The minimum absolute atomic E-state index is 0.404. The van der Waals surface area contributed by atoms with Gasteiger partial charge >= 0.3 is 0 Å². The second-order valence-corrected chi connectivity index (χ2v) is 7.31. The molecule has 1 aliphatic rings. The third-order valence-corrected chi connectivity index (χ3v) is 5.71. The molecule has 4 aromatic carbocycles. The number of carbonyl (C=O) groups excluding carboxylic acids is 1. The summed E-state index contributed by atoms with van der Waals surface area (Å²) in [4.78, 5) is 10.9. The van der Waals surface area contributed by atoms with Gasteiger partial charge in [-0.3, -0.25) is 4.79 Å². The van der Waals surface area contributed by atoms with E-state index < -0.39 is 0 Å². The van der Waals surface area contributed by atoms with E-state index in [1.165, 1.54) is 33.4 Å². The smallest absolute Gasteiger partial charge is 0.298 e. The summed E-state index contributed by atoms with van der Waals surface area (Å²) in [5.74, 6) is 0.404. The number of carbonyl (C=O) groups is 1. The van der Waals surface area contributed by atoms with Crippen LogP contribution in [0, 0.1) is 13.8 Å². The normalized spacial score (nSPS) is 11.5. The Morgan fingerprint density at radius 1 is 0.821 bits per heavy atom. The molecule has 0 fully saturated rings. The molecular formula is C25H19NO2. The maximum absolute atomic E-state index is 10.9. The van der Waals surface area contributed by atoms with Gasteiger partial charge in [-0.2, -0.15) is 0 Å². The molecule has 3 heteroatoms. The van der Waals surface area contributed by atoms with Gasteiger partial charge in [-0.05, 0) is 75.9 Å². The highest BCUT2D eigenvalue weighted by Gasteiger charge is 2.25. The third kappa shape index (κ3) is 2.20. The molecular weight excluding hydrogens is 346 g/mol. The molecule has 0 unspecified atom stereocenters. The van der Waals surface area contributed by atoms with Crippen molar-refractivity contribution >= 4 is 22.9 Å². The first-order chi connectivity index (χ1) is 13.6. The van der Waals surface area contributed by atoms with Crippen LogP contribution in [0.3, 0.4) is 0 Å². The van der Waals surface area contributed by atoms with Crippen molar-refractivity contribution in [3.63, 3.8) is 0 Å². The summed E-state index contributed by atoms with van der Waals surface area (Å²) in [6, 6.07) is 21.0. The molecule has 0 bridgehead atoms. The number of fused-ring (bicyclic) bond motifs is 3. The summed E-state index contributed by atoms with van der Waals surface area (Å²) >= 11 is 0. The van der Waals surface area contributed by atoms with Gasteiger partial charge in [-0.15, -0.1) is 0 Å². The highest BCUT2D eigenvalue weighted by atomic mass is 16.5. The Balaban J connectivity index is 1.80. The van der Waals surface area contributed by atoms with Gasteiger partial charge in [0.15, 0.2) is 5.75 Å². The predicted octanol–water partition coefficient (Wildman–Crippen LogP) is 5.89. The second-order valence-electron chi connectivity index (χ2n) is 7.31. The van der Waals surface area contributed by atoms with Gasteiger partial charge in [-0.1, -0.05) is 48.5 Å². The lowest BCUT2D eigenvalue weighted by Gasteiger charge is -2.12. The van der Waals surface area contributed by atoms with Crippen LogP contribution >= 0.6 is 0 Å². The second kappa shape index (κ2) is 5.96. The maximum atomic E-state index is 10.9. The summed E-state index contributed by atoms with van der Waals surface area (Å²) < 4.78 is 5.14. The number of nitrogen functional groups attached to an aromatic ring is 1. The molecule has 0 saturated carbocycles. The monoisotopic (exact) mass is 365 g/mol. The SMILES string of the molecule is Cc1cccc(C)c1-c1ccc2c(c1)-c1cccc3c(N)c(OC=O)cc-2c13. The zero-order chi connectivity index (χ0) is 19.4. The van der Waals surface area contributed by atoms with E-state index in [2.05, 4.69) is 56.3 Å². The molecule has 0 saturated heterocycles.